The number of aromatic nitrogens is 1. The maximum Gasteiger partial charge on any atom is 0.433 e. The summed E-state index contributed by atoms with van der Waals surface area (Å²) in [4.78, 5) is 17.3. The van der Waals surface area contributed by atoms with Crippen molar-refractivity contribution in [2.45, 2.75) is 44.8 Å². The Morgan fingerprint density at radius 3 is 2.33 bits per heavy atom. The van der Waals surface area contributed by atoms with E-state index in [1.54, 1.807) is 11.9 Å². The van der Waals surface area contributed by atoms with Crippen molar-refractivity contribution in [3.8, 4) is 0 Å². The van der Waals surface area contributed by atoms with E-state index in [2.05, 4.69) is 11.9 Å². The van der Waals surface area contributed by atoms with Gasteiger partial charge in [-0.15, -0.1) is 0 Å². The van der Waals surface area contributed by atoms with Crippen molar-refractivity contribution in [2.24, 2.45) is 5.92 Å². The standard InChI is InChI=1S/C15H19F3N2O/c1-10-3-6-12(7-4-10)20(2)14(21)11-5-8-13(19-9-11)15(16,17)18/h5,8-10,12H,3-4,6-7H2,1-2H3. The predicted octanol–water partition coefficient (Wildman–Crippen LogP) is 3.75. The number of rotatable bonds is 2. The summed E-state index contributed by atoms with van der Waals surface area (Å²) in [5.74, 6) is 0.410. The van der Waals surface area contributed by atoms with E-state index in [1.165, 1.54) is 6.07 Å². The minimum absolute atomic E-state index is 0.163. The van der Waals surface area contributed by atoms with E-state index in [-0.39, 0.29) is 17.5 Å². The molecule has 0 aromatic carbocycles. The van der Waals surface area contributed by atoms with Crippen molar-refractivity contribution in [1.29, 1.82) is 0 Å². The van der Waals surface area contributed by atoms with Crippen molar-refractivity contribution in [3.63, 3.8) is 0 Å². The minimum atomic E-state index is -4.48. The second-order valence-corrected chi connectivity index (χ2v) is 5.76. The number of alkyl halides is 3. The first-order valence-electron chi connectivity index (χ1n) is 7.09. The molecule has 0 saturated heterocycles. The van der Waals surface area contributed by atoms with Crippen LogP contribution < -0.4 is 0 Å². The van der Waals surface area contributed by atoms with Crippen LogP contribution in [-0.4, -0.2) is 28.9 Å². The summed E-state index contributed by atoms with van der Waals surface area (Å²) in [6.45, 7) is 2.19. The second-order valence-electron chi connectivity index (χ2n) is 5.76. The van der Waals surface area contributed by atoms with Crippen molar-refractivity contribution in [1.82, 2.24) is 9.88 Å². The van der Waals surface area contributed by atoms with E-state index in [0.717, 1.165) is 37.9 Å². The molecule has 1 aliphatic rings. The molecule has 6 heteroatoms. The fraction of sp³-hybridized carbons (Fsp3) is 0.600. The van der Waals surface area contributed by atoms with Gasteiger partial charge < -0.3 is 4.90 Å². The number of amides is 1. The number of pyridine rings is 1. The van der Waals surface area contributed by atoms with E-state index >= 15 is 0 Å². The van der Waals surface area contributed by atoms with Gasteiger partial charge in [-0.2, -0.15) is 13.2 Å². The molecule has 0 atom stereocenters. The molecule has 0 N–H and O–H groups in total. The van der Waals surface area contributed by atoms with Crippen molar-refractivity contribution in [2.75, 3.05) is 7.05 Å². The monoisotopic (exact) mass is 300 g/mol. The van der Waals surface area contributed by atoms with Crippen LogP contribution in [0.5, 0.6) is 0 Å². The number of carbonyl (C=O) groups is 1. The number of hydrogen-bond donors (Lipinski definition) is 0. The van der Waals surface area contributed by atoms with Gasteiger partial charge in [0.15, 0.2) is 0 Å². The first-order chi connectivity index (χ1) is 9.79. The number of halogens is 3. The van der Waals surface area contributed by atoms with Crippen molar-refractivity contribution < 1.29 is 18.0 Å². The normalized spacial score (nSPS) is 22.9. The molecule has 1 aromatic rings. The summed E-state index contributed by atoms with van der Waals surface area (Å²) >= 11 is 0. The quantitative estimate of drug-likeness (QED) is 0.833. The van der Waals surface area contributed by atoms with Gasteiger partial charge >= 0.3 is 6.18 Å². The Balaban J connectivity index is 2.05. The van der Waals surface area contributed by atoms with Crippen LogP contribution in [0.2, 0.25) is 0 Å². The zero-order chi connectivity index (χ0) is 15.6. The van der Waals surface area contributed by atoms with Crippen LogP contribution in [0.4, 0.5) is 13.2 Å². The average Bonchev–Trinajstić information content (AvgIpc) is 2.46. The molecule has 0 aliphatic heterocycles. The SMILES string of the molecule is CC1CCC(N(C)C(=O)c2ccc(C(F)(F)F)nc2)CC1. The number of hydrogen-bond acceptors (Lipinski definition) is 2. The topological polar surface area (TPSA) is 33.2 Å². The lowest BCUT2D eigenvalue weighted by Crippen LogP contribution is -2.39. The van der Waals surface area contributed by atoms with E-state index in [4.69, 9.17) is 0 Å². The molecule has 0 unspecified atom stereocenters. The van der Waals surface area contributed by atoms with E-state index in [1.807, 2.05) is 0 Å². The lowest BCUT2D eigenvalue weighted by Gasteiger charge is -2.33. The van der Waals surface area contributed by atoms with E-state index in [9.17, 15) is 18.0 Å². The lowest BCUT2D eigenvalue weighted by molar-refractivity contribution is -0.141. The van der Waals surface area contributed by atoms with Gasteiger partial charge in [-0.3, -0.25) is 9.78 Å². The van der Waals surface area contributed by atoms with Crippen LogP contribution in [0.1, 0.15) is 48.7 Å². The third-order valence-corrected chi connectivity index (χ3v) is 4.15. The Labute approximate surface area is 122 Å². The van der Waals surface area contributed by atoms with Crippen LogP contribution >= 0.6 is 0 Å². The molecule has 1 saturated carbocycles. The summed E-state index contributed by atoms with van der Waals surface area (Å²) in [5, 5.41) is 0. The highest BCUT2D eigenvalue weighted by atomic mass is 19.4. The van der Waals surface area contributed by atoms with E-state index < -0.39 is 11.9 Å². The first kappa shape index (κ1) is 15.8. The minimum Gasteiger partial charge on any atom is -0.339 e. The molecule has 116 valence electrons. The molecule has 1 aliphatic carbocycles. The molecule has 21 heavy (non-hydrogen) atoms. The van der Waals surface area contributed by atoms with Crippen LogP contribution in [0.25, 0.3) is 0 Å². The van der Waals surface area contributed by atoms with Gasteiger partial charge in [0.1, 0.15) is 5.69 Å². The Bertz CT molecular complexity index is 491. The van der Waals surface area contributed by atoms with E-state index in [0.29, 0.717) is 5.92 Å². The fourth-order valence-electron chi connectivity index (χ4n) is 2.69. The van der Waals surface area contributed by atoms with Crippen LogP contribution in [0.15, 0.2) is 18.3 Å². The zero-order valence-corrected chi connectivity index (χ0v) is 12.2. The fourth-order valence-corrected chi connectivity index (χ4v) is 2.69. The summed E-state index contributed by atoms with van der Waals surface area (Å²) in [7, 11) is 1.71. The Morgan fingerprint density at radius 2 is 1.86 bits per heavy atom. The summed E-state index contributed by atoms with van der Waals surface area (Å²) in [6.07, 6.45) is 0.566. The molecular formula is C15H19F3N2O. The third-order valence-electron chi connectivity index (χ3n) is 4.15. The van der Waals surface area contributed by atoms with Crippen LogP contribution in [0.3, 0.4) is 0 Å². The highest BCUT2D eigenvalue weighted by Gasteiger charge is 2.32. The van der Waals surface area contributed by atoms with Gasteiger partial charge in [0, 0.05) is 19.3 Å². The Morgan fingerprint density at radius 1 is 1.24 bits per heavy atom. The van der Waals surface area contributed by atoms with Gasteiger partial charge in [-0.1, -0.05) is 6.92 Å². The van der Waals surface area contributed by atoms with Crippen molar-refractivity contribution >= 4 is 5.91 Å². The molecule has 2 rings (SSSR count). The second kappa shape index (κ2) is 6.03. The molecule has 0 bridgehead atoms. The molecule has 1 aromatic heterocycles. The summed E-state index contributed by atoms with van der Waals surface area (Å²) < 4.78 is 37.3. The molecule has 1 fully saturated rings. The summed E-state index contributed by atoms with van der Waals surface area (Å²) in [6, 6.07) is 2.21. The van der Waals surface area contributed by atoms with Crippen molar-refractivity contribution in [3.05, 3.63) is 29.6 Å². The zero-order valence-electron chi connectivity index (χ0n) is 12.2. The predicted molar refractivity (Wildman–Crippen MR) is 72.8 cm³/mol. The molecule has 1 amide bonds. The Kier molecular flexibility index (Phi) is 4.54. The first-order valence-corrected chi connectivity index (χ1v) is 7.09. The smallest absolute Gasteiger partial charge is 0.339 e. The highest BCUT2D eigenvalue weighted by molar-refractivity contribution is 5.93. The lowest BCUT2D eigenvalue weighted by atomic mass is 9.86. The maximum absolute atomic E-state index is 12.4. The van der Waals surface area contributed by atoms with Gasteiger partial charge in [-0.05, 0) is 43.7 Å². The summed E-state index contributed by atoms with van der Waals surface area (Å²) in [5.41, 5.74) is -0.780. The molecular weight excluding hydrogens is 281 g/mol. The molecule has 0 spiro atoms. The van der Waals surface area contributed by atoms with Gasteiger partial charge in [0.25, 0.3) is 5.91 Å². The molecule has 0 radical (unpaired) electrons. The Hall–Kier alpha value is -1.59. The molecule has 3 nitrogen and oxygen atoms in total. The van der Waals surface area contributed by atoms with Crippen LogP contribution in [-0.2, 0) is 6.18 Å². The largest absolute Gasteiger partial charge is 0.433 e. The number of nitrogens with zero attached hydrogens (tertiary/aromatic N) is 2. The molecule has 1 heterocycles. The van der Waals surface area contributed by atoms with Crippen LogP contribution in [0, 0.1) is 5.92 Å². The van der Waals surface area contributed by atoms with Gasteiger partial charge in [0.05, 0.1) is 5.56 Å². The maximum atomic E-state index is 12.4. The van der Waals surface area contributed by atoms with Gasteiger partial charge in [-0.25, -0.2) is 0 Å². The highest BCUT2D eigenvalue weighted by Crippen LogP contribution is 2.29. The average molecular weight is 300 g/mol. The van der Waals surface area contributed by atoms with Gasteiger partial charge in [0.2, 0.25) is 0 Å². The third kappa shape index (κ3) is 3.74. The number of carbonyl (C=O) groups excluding carboxylic acids is 1.